The van der Waals surface area contributed by atoms with Gasteiger partial charge in [0, 0.05) is 24.6 Å². The number of nitrogens with zero attached hydrogens (tertiary/aromatic N) is 2. The van der Waals surface area contributed by atoms with Gasteiger partial charge in [-0.05, 0) is 13.3 Å². The molecular weight excluding hydrogens is 278 g/mol. The van der Waals surface area contributed by atoms with Crippen LogP contribution in [0.4, 0.5) is 14.6 Å². The summed E-state index contributed by atoms with van der Waals surface area (Å²) < 4.78 is 31.9. The first-order valence-corrected chi connectivity index (χ1v) is 6.51. The molecule has 0 spiro atoms. The Morgan fingerprint density at radius 2 is 1.86 bits per heavy atom. The fourth-order valence-corrected chi connectivity index (χ4v) is 1.81. The number of benzene rings is 1. The van der Waals surface area contributed by atoms with Crippen LogP contribution < -0.4 is 16.0 Å². The standard InChI is InChI=1S/C14H16F2N4O/c1-3-4-12-18-13(20-17)8(2)14(19-12)21-11-6-9(15)5-10(16)7-11/h5-7H,3-4,17H2,1-2H3,(H,18,19,20). The Morgan fingerprint density at radius 1 is 1.19 bits per heavy atom. The summed E-state index contributed by atoms with van der Waals surface area (Å²) in [5.41, 5.74) is 3.02. The fourth-order valence-electron chi connectivity index (χ4n) is 1.81. The number of anilines is 1. The van der Waals surface area contributed by atoms with Crippen LogP contribution in [0.2, 0.25) is 0 Å². The van der Waals surface area contributed by atoms with Crippen molar-refractivity contribution in [3.05, 3.63) is 41.2 Å². The molecule has 0 saturated heterocycles. The summed E-state index contributed by atoms with van der Waals surface area (Å²) >= 11 is 0. The molecule has 1 heterocycles. The number of rotatable bonds is 5. The van der Waals surface area contributed by atoms with Crippen molar-refractivity contribution in [3.8, 4) is 11.6 Å². The van der Waals surface area contributed by atoms with Gasteiger partial charge in [0.1, 0.15) is 29.0 Å². The predicted octanol–water partition coefficient (Wildman–Crippen LogP) is 3.09. The Labute approximate surface area is 121 Å². The third-order valence-electron chi connectivity index (χ3n) is 2.81. The molecule has 0 aliphatic rings. The zero-order valence-corrected chi connectivity index (χ0v) is 11.8. The Hall–Kier alpha value is -2.28. The molecule has 7 heteroatoms. The highest BCUT2D eigenvalue weighted by Gasteiger charge is 2.13. The number of aromatic nitrogens is 2. The number of hydrogen-bond acceptors (Lipinski definition) is 5. The van der Waals surface area contributed by atoms with Crippen molar-refractivity contribution in [2.75, 3.05) is 5.43 Å². The molecule has 1 aromatic heterocycles. The van der Waals surface area contributed by atoms with E-state index < -0.39 is 11.6 Å². The van der Waals surface area contributed by atoms with Crippen molar-refractivity contribution in [1.82, 2.24) is 9.97 Å². The summed E-state index contributed by atoms with van der Waals surface area (Å²) in [5, 5.41) is 0. The van der Waals surface area contributed by atoms with Gasteiger partial charge in [0.05, 0.1) is 5.56 Å². The van der Waals surface area contributed by atoms with E-state index in [1.54, 1.807) is 6.92 Å². The van der Waals surface area contributed by atoms with Crippen LogP contribution in [-0.4, -0.2) is 9.97 Å². The highest BCUT2D eigenvalue weighted by atomic mass is 19.1. The van der Waals surface area contributed by atoms with E-state index >= 15 is 0 Å². The molecule has 0 amide bonds. The zero-order valence-electron chi connectivity index (χ0n) is 11.8. The van der Waals surface area contributed by atoms with Crippen LogP contribution in [0, 0.1) is 18.6 Å². The van der Waals surface area contributed by atoms with E-state index in [1.165, 1.54) is 0 Å². The monoisotopic (exact) mass is 294 g/mol. The number of halogens is 2. The first-order chi connectivity index (χ1) is 10.0. The lowest BCUT2D eigenvalue weighted by atomic mass is 10.2. The SMILES string of the molecule is CCCc1nc(NN)c(C)c(Oc2cc(F)cc(F)c2)n1. The molecule has 0 fully saturated rings. The quantitative estimate of drug-likeness (QED) is 0.655. The van der Waals surface area contributed by atoms with Crippen molar-refractivity contribution in [3.63, 3.8) is 0 Å². The van der Waals surface area contributed by atoms with Gasteiger partial charge >= 0.3 is 0 Å². The van der Waals surface area contributed by atoms with Gasteiger partial charge in [0.2, 0.25) is 5.88 Å². The average Bonchev–Trinajstić information content (AvgIpc) is 2.41. The van der Waals surface area contributed by atoms with Gasteiger partial charge in [-0.1, -0.05) is 6.92 Å². The van der Waals surface area contributed by atoms with Crippen molar-refractivity contribution < 1.29 is 13.5 Å². The molecule has 21 heavy (non-hydrogen) atoms. The average molecular weight is 294 g/mol. The normalized spacial score (nSPS) is 10.5. The van der Waals surface area contributed by atoms with Crippen LogP contribution in [0.15, 0.2) is 18.2 Å². The van der Waals surface area contributed by atoms with Crippen LogP contribution in [-0.2, 0) is 6.42 Å². The molecule has 0 atom stereocenters. The van der Waals surface area contributed by atoms with E-state index in [0.717, 1.165) is 24.6 Å². The first kappa shape index (κ1) is 15.1. The molecule has 0 aliphatic heterocycles. The molecule has 0 aliphatic carbocycles. The minimum Gasteiger partial charge on any atom is -0.438 e. The molecule has 0 unspecified atom stereocenters. The van der Waals surface area contributed by atoms with Crippen LogP contribution in [0.3, 0.4) is 0 Å². The summed E-state index contributed by atoms with van der Waals surface area (Å²) in [6.45, 7) is 3.69. The molecule has 0 saturated carbocycles. The largest absolute Gasteiger partial charge is 0.438 e. The summed E-state index contributed by atoms with van der Waals surface area (Å²) in [7, 11) is 0. The molecule has 1 aromatic carbocycles. The minimum atomic E-state index is -0.720. The number of nitrogens with one attached hydrogen (secondary N) is 1. The van der Waals surface area contributed by atoms with E-state index in [2.05, 4.69) is 15.4 Å². The van der Waals surface area contributed by atoms with Crippen molar-refractivity contribution in [1.29, 1.82) is 0 Å². The van der Waals surface area contributed by atoms with Crippen molar-refractivity contribution >= 4 is 5.82 Å². The molecular formula is C14H16F2N4O. The fraction of sp³-hybridized carbons (Fsp3) is 0.286. The maximum atomic E-state index is 13.2. The van der Waals surface area contributed by atoms with Crippen molar-refractivity contribution in [2.45, 2.75) is 26.7 Å². The third kappa shape index (κ3) is 3.63. The topological polar surface area (TPSA) is 73.1 Å². The van der Waals surface area contributed by atoms with E-state index in [0.29, 0.717) is 23.6 Å². The number of hydrazine groups is 1. The van der Waals surface area contributed by atoms with Gasteiger partial charge in [-0.3, -0.25) is 0 Å². The van der Waals surface area contributed by atoms with Crippen LogP contribution in [0.1, 0.15) is 24.7 Å². The number of hydrogen-bond donors (Lipinski definition) is 2. The zero-order chi connectivity index (χ0) is 15.4. The van der Waals surface area contributed by atoms with Gasteiger partial charge < -0.3 is 10.2 Å². The van der Waals surface area contributed by atoms with Crippen LogP contribution in [0.25, 0.3) is 0 Å². The Balaban J connectivity index is 2.39. The second kappa shape index (κ2) is 6.45. The Kier molecular flexibility index (Phi) is 4.64. The second-order valence-corrected chi connectivity index (χ2v) is 4.52. The molecule has 2 aromatic rings. The van der Waals surface area contributed by atoms with Gasteiger partial charge in [0.15, 0.2) is 0 Å². The Morgan fingerprint density at radius 3 is 2.43 bits per heavy atom. The lowest BCUT2D eigenvalue weighted by molar-refractivity contribution is 0.444. The van der Waals surface area contributed by atoms with E-state index in [4.69, 9.17) is 10.6 Å². The lowest BCUT2D eigenvalue weighted by Gasteiger charge is -2.12. The van der Waals surface area contributed by atoms with Gasteiger partial charge in [-0.25, -0.2) is 19.6 Å². The summed E-state index contributed by atoms with van der Waals surface area (Å²) in [6, 6.07) is 2.94. The first-order valence-electron chi connectivity index (χ1n) is 6.51. The van der Waals surface area contributed by atoms with E-state index in [1.807, 2.05) is 6.92 Å². The smallest absolute Gasteiger partial charge is 0.227 e. The highest BCUT2D eigenvalue weighted by molar-refractivity contribution is 5.48. The molecule has 5 nitrogen and oxygen atoms in total. The van der Waals surface area contributed by atoms with Crippen LogP contribution >= 0.6 is 0 Å². The minimum absolute atomic E-state index is 0.0275. The molecule has 0 radical (unpaired) electrons. The third-order valence-corrected chi connectivity index (χ3v) is 2.81. The molecule has 3 N–H and O–H groups in total. The van der Waals surface area contributed by atoms with Gasteiger partial charge in [0.25, 0.3) is 0 Å². The summed E-state index contributed by atoms with van der Waals surface area (Å²) in [4.78, 5) is 8.49. The van der Waals surface area contributed by atoms with E-state index in [9.17, 15) is 8.78 Å². The number of nitrogens with two attached hydrogens (primary N) is 1. The van der Waals surface area contributed by atoms with E-state index in [-0.39, 0.29) is 11.6 Å². The maximum absolute atomic E-state index is 13.2. The lowest BCUT2D eigenvalue weighted by Crippen LogP contribution is -2.13. The van der Waals surface area contributed by atoms with Crippen LogP contribution in [0.5, 0.6) is 11.6 Å². The van der Waals surface area contributed by atoms with Gasteiger partial charge in [-0.15, -0.1) is 0 Å². The Bertz CT molecular complexity index is 629. The molecule has 112 valence electrons. The number of aryl methyl sites for hydroxylation is 1. The predicted molar refractivity (Wildman–Crippen MR) is 75.0 cm³/mol. The second-order valence-electron chi connectivity index (χ2n) is 4.52. The molecule has 2 rings (SSSR count). The highest BCUT2D eigenvalue weighted by Crippen LogP contribution is 2.28. The maximum Gasteiger partial charge on any atom is 0.227 e. The van der Waals surface area contributed by atoms with Gasteiger partial charge in [-0.2, -0.15) is 4.98 Å². The number of nitrogen functional groups attached to an aromatic ring is 1. The molecule has 0 bridgehead atoms. The summed E-state index contributed by atoms with van der Waals surface area (Å²) in [5.74, 6) is 5.17. The number of ether oxygens (including phenoxy) is 1. The van der Waals surface area contributed by atoms with Crippen molar-refractivity contribution in [2.24, 2.45) is 5.84 Å². The summed E-state index contributed by atoms with van der Waals surface area (Å²) in [6.07, 6.45) is 1.49.